The van der Waals surface area contributed by atoms with E-state index in [-0.39, 0.29) is 11.8 Å². The Balaban J connectivity index is 1.74. The summed E-state index contributed by atoms with van der Waals surface area (Å²) in [4.78, 5) is 6.83. The van der Waals surface area contributed by atoms with Gasteiger partial charge in [0, 0.05) is 42.3 Å². The fourth-order valence-electron chi connectivity index (χ4n) is 4.43. The van der Waals surface area contributed by atoms with Crippen molar-refractivity contribution in [2.75, 3.05) is 18.0 Å². The van der Waals surface area contributed by atoms with Gasteiger partial charge in [0.15, 0.2) is 0 Å². The van der Waals surface area contributed by atoms with E-state index in [9.17, 15) is 13.9 Å². The zero-order valence-corrected chi connectivity index (χ0v) is 17.4. The van der Waals surface area contributed by atoms with E-state index in [4.69, 9.17) is 5.73 Å². The van der Waals surface area contributed by atoms with Crippen molar-refractivity contribution in [2.24, 2.45) is 5.73 Å². The van der Waals surface area contributed by atoms with Gasteiger partial charge in [-0.2, -0.15) is 0 Å². The summed E-state index contributed by atoms with van der Waals surface area (Å²) >= 11 is 0. The lowest BCUT2D eigenvalue weighted by atomic mass is 9.96. The molecule has 4 aromatic rings. The average Bonchev–Trinajstić information content (AvgIpc) is 2.78. The highest BCUT2D eigenvalue weighted by Crippen LogP contribution is 2.40. The zero-order valence-electron chi connectivity index (χ0n) is 17.4. The lowest BCUT2D eigenvalue weighted by Gasteiger charge is -2.34. The molecule has 5 rings (SSSR count). The quantitative estimate of drug-likeness (QED) is 0.451. The Morgan fingerprint density at radius 2 is 1.59 bits per heavy atom. The second-order valence-corrected chi connectivity index (χ2v) is 8.29. The number of phenols is 1. The Hall–Kier alpha value is -3.51. The van der Waals surface area contributed by atoms with E-state index in [0.717, 1.165) is 59.7 Å². The Morgan fingerprint density at radius 3 is 2.31 bits per heavy atom. The number of rotatable bonds is 3. The highest BCUT2D eigenvalue weighted by molar-refractivity contribution is 6.01. The van der Waals surface area contributed by atoms with Crippen molar-refractivity contribution < 1.29 is 13.9 Å². The molecule has 4 nitrogen and oxygen atoms in total. The number of hydrogen-bond donors (Lipinski definition) is 2. The number of fused-ring (bicyclic) bond motifs is 1. The van der Waals surface area contributed by atoms with Crippen molar-refractivity contribution in [2.45, 2.75) is 18.9 Å². The molecule has 0 aliphatic carbocycles. The van der Waals surface area contributed by atoms with Crippen LogP contribution >= 0.6 is 0 Å². The molecule has 1 aromatic heterocycles. The number of aromatic hydroxyl groups is 1. The van der Waals surface area contributed by atoms with E-state index in [2.05, 4.69) is 9.88 Å². The molecular formula is C26H23F2N3O. The van der Waals surface area contributed by atoms with E-state index < -0.39 is 11.6 Å². The third kappa shape index (κ3) is 3.89. The molecule has 2 heterocycles. The summed E-state index contributed by atoms with van der Waals surface area (Å²) in [6.07, 6.45) is 3.37. The molecule has 0 bridgehead atoms. The smallest absolute Gasteiger partial charge is 0.126 e. The van der Waals surface area contributed by atoms with Crippen LogP contribution in [0.3, 0.4) is 0 Å². The standard InChI is InChI=1S/C26H23F2N3O/c27-19-10-18(11-20(28)14-19)24-15-30-25-5-4-17(16-2-1-3-22(32)12-16)13-23(25)26(24)31-8-6-21(29)7-9-31/h1-5,10-15,21,32H,6-9,29H2. The fraction of sp³-hybridized carbons (Fsp3) is 0.192. The summed E-state index contributed by atoms with van der Waals surface area (Å²) in [5, 5.41) is 10.8. The van der Waals surface area contributed by atoms with Gasteiger partial charge in [-0.15, -0.1) is 0 Å². The van der Waals surface area contributed by atoms with E-state index in [1.54, 1.807) is 24.4 Å². The van der Waals surface area contributed by atoms with Crippen LogP contribution in [0, 0.1) is 11.6 Å². The fourth-order valence-corrected chi connectivity index (χ4v) is 4.43. The van der Waals surface area contributed by atoms with Gasteiger partial charge >= 0.3 is 0 Å². The zero-order chi connectivity index (χ0) is 22.2. The minimum atomic E-state index is -0.625. The number of aromatic nitrogens is 1. The van der Waals surface area contributed by atoms with E-state index in [1.165, 1.54) is 12.1 Å². The van der Waals surface area contributed by atoms with Crippen molar-refractivity contribution in [3.63, 3.8) is 0 Å². The van der Waals surface area contributed by atoms with Gasteiger partial charge in [0.05, 0.1) is 11.2 Å². The predicted molar refractivity (Wildman–Crippen MR) is 124 cm³/mol. The third-order valence-corrected chi connectivity index (χ3v) is 6.05. The molecule has 0 saturated carbocycles. The van der Waals surface area contributed by atoms with Crippen LogP contribution < -0.4 is 10.6 Å². The summed E-state index contributed by atoms with van der Waals surface area (Å²) in [5.41, 5.74) is 10.7. The van der Waals surface area contributed by atoms with Crippen LogP contribution in [-0.4, -0.2) is 29.2 Å². The Morgan fingerprint density at radius 1 is 0.875 bits per heavy atom. The molecule has 0 radical (unpaired) electrons. The molecule has 1 saturated heterocycles. The van der Waals surface area contributed by atoms with Crippen molar-refractivity contribution >= 4 is 16.6 Å². The first-order valence-electron chi connectivity index (χ1n) is 10.7. The van der Waals surface area contributed by atoms with Gasteiger partial charge in [0.25, 0.3) is 0 Å². The second kappa shape index (κ2) is 8.20. The molecule has 0 unspecified atom stereocenters. The maximum atomic E-state index is 14.1. The Labute approximate surface area is 184 Å². The average molecular weight is 431 g/mol. The monoisotopic (exact) mass is 431 g/mol. The maximum Gasteiger partial charge on any atom is 0.126 e. The minimum absolute atomic E-state index is 0.150. The van der Waals surface area contributed by atoms with Crippen molar-refractivity contribution in [1.82, 2.24) is 4.98 Å². The van der Waals surface area contributed by atoms with Gasteiger partial charge < -0.3 is 15.7 Å². The molecule has 162 valence electrons. The van der Waals surface area contributed by atoms with Crippen LogP contribution in [0.2, 0.25) is 0 Å². The summed E-state index contributed by atoms with van der Waals surface area (Å²) in [6, 6.07) is 16.7. The summed E-state index contributed by atoms with van der Waals surface area (Å²) in [5.74, 6) is -1.06. The van der Waals surface area contributed by atoms with Crippen LogP contribution in [-0.2, 0) is 0 Å². The van der Waals surface area contributed by atoms with Gasteiger partial charge in [0.2, 0.25) is 0 Å². The van der Waals surface area contributed by atoms with Gasteiger partial charge in [0.1, 0.15) is 17.4 Å². The van der Waals surface area contributed by atoms with E-state index >= 15 is 0 Å². The van der Waals surface area contributed by atoms with Gasteiger partial charge in [-0.25, -0.2) is 8.78 Å². The number of benzene rings is 3. The number of nitrogens with zero attached hydrogens (tertiary/aromatic N) is 2. The van der Waals surface area contributed by atoms with Crippen LogP contribution in [0.25, 0.3) is 33.2 Å². The second-order valence-electron chi connectivity index (χ2n) is 8.29. The normalized spacial score (nSPS) is 14.8. The number of nitrogens with two attached hydrogens (primary N) is 1. The maximum absolute atomic E-state index is 14.1. The molecule has 3 N–H and O–H groups in total. The third-order valence-electron chi connectivity index (χ3n) is 6.05. The predicted octanol–water partition coefficient (Wildman–Crippen LogP) is 5.48. The molecule has 0 spiro atoms. The number of hydrogen-bond acceptors (Lipinski definition) is 4. The largest absolute Gasteiger partial charge is 0.508 e. The summed E-state index contributed by atoms with van der Waals surface area (Å²) in [6.45, 7) is 1.50. The van der Waals surface area contributed by atoms with Crippen molar-refractivity contribution in [1.29, 1.82) is 0 Å². The first kappa shape index (κ1) is 20.4. The molecule has 32 heavy (non-hydrogen) atoms. The lowest BCUT2D eigenvalue weighted by Crippen LogP contribution is -2.40. The van der Waals surface area contributed by atoms with Crippen LogP contribution in [0.4, 0.5) is 14.5 Å². The number of pyridine rings is 1. The molecule has 0 amide bonds. The molecule has 6 heteroatoms. The van der Waals surface area contributed by atoms with Crippen LogP contribution in [0.5, 0.6) is 5.75 Å². The minimum Gasteiger partial charge on any atom is -0.508 e. The highest BCUT2D eigenvalue weighted by atomic mass is 19.1. The number of phenolic OH excluding ortho intramolecular Hbond substituents is 1. The van der Waals surface area contributed by atoms with Crippen LogP contribution in [0.15, 0.2) is 66.9 Å². The Kier molecular flexibility index (Phi) is 5.23. The first-order chi connectivity index (χ1) is 15.5. The van der Waals surface area contributed by atoms with Crippen molar-refractivity contribution in [3.05, 3.63) is 78.5 Å². The summed E-state index contributed by atoms with van der Waals surface area (Å²) < 4.78 is 28.1. The number of anilines is 1. The number of piperidine rings is 1. The van der Waals surface area contributed by atoms with Crippen LogP contribution in [0.1, 0.15) is 12.8 Å². The topological polar surface area (TPSA) is 62.4 Å². The van der Waals surface area contributed by atoms with Gasteiger partial charge in [-0.05, 0) is 65.9 Å². The molecule has 1 aliphatic heterocycles. The number of halogens is 2. The van der Waals surface area contributed by atoms with Gasteiger partial charge in [-0.1, -0.05) is 18.2 Å². The summed E-state index contributed by atoms with van der Waals surface area (Å²) in [7, 11) is 0. The van der Waals surface area contributed by atoms with E-state index in [0.29, 0.717) is 11.1 Å². The highest BCUT2D eigenvalue weighted by Gasteiger charge is 2.23. The van der Waals surface area contributed by atoms with Gasteiger partial charge in [-0.3, -0.25) is 4.98 Å². The Bertz CT molecular complexity index is 1280. The molecule has 1 fully saturated rings. The molecule has 1 aliphatic rings. The lowest BCUT2D eigenvalue weighted by molar-refractivity contribution is 0.475. The van der Waals surface area contributed by atoms with Crippen molar-refractivity contribution in [3.8, 4) is 28.0 Å². The molecule has 0 atom stereocenters. The SMILES string of the molecule is NC1CCN(c2c(-c3cc(F)cc(F)c3)cnc3ccc(-c4cccc(O)c4)cc23)CC1. The first-order valence-corrected chi connectivity index (χ1v) is 10.7. The van der Waals surface area contributed by atoms with E-state index in [1.807, 2.05) is 24.3 Å². The molecule has 3 aromatic carbocycles. The molecular weight excluding hydrogens is 408 g/mol.